The molecule has 1 aliphatic rings. The normalized spacial score (nSPS) is 17.8. The van der Waals surface area contributed by atoms with E-state index in [1.807, 2.05) is 27.7 Å². The summed E-state index contributed by atoms with van der Waals surface area (Å²) in [4.78, 5) is 15.9. The smallest absolute Gasteiger partial charge is 0.328 e. The number of nitrogens with zero attached hydrogens (tertiary/aromatic N) is 1. The summed E-state index contributed by atoms with van der Waals surface area (Å²) in [7, 11) is 0. The van der Waals surface area contributed by atoms with Crippen LogP contribution in [0, 0.1) is 0 Å². The van der Waals surface area contributed by atoms with Gasteiger partial charge < -0.3 is 24.8 Å². The molecule has 25 heavy (non-hydrogen) atoms. The first kappa shape index (κ1) is 24.4. The number of hydrogen-bond acceptors (Lipinski definition) is 5. The molecule has 0 aliphatic carbocycles. The van der Waals surface area contributed by atoms with E-state index in [1.165, 1.54) is 0 Å². The van der Waals surface area contributed by atoms with Crippen LogP contribution in [0.15, 0.2) is 4.99 Å². The van der Waals surface area contributed by atoms with Crippen LogP contribution in [0.25, 0.3) is 0 Å². The number of ether oxygens (including phenoxy) is 3. The molecule has 0 spiro atoms. The predicted molar refractivity (Wildman–Crippen MR) is 110 cm³/mol. The quantitative estimate of drug-likeness (QED) is 0.176. The van der Waals surface area contributed by atoms with Crippen LogP contribution in [-0.2, 0) is 19.0 Å². The van der Waals surface area contributed by atoms with Crippen molar-refractivity contribution in [2.24, 2.45) is 4.99 Å². The molecular formula is C17H34IN3O4. The van der Waals surface area contributed by atoms with Gasteiger partial charge in [-0.05, 0) is 47.0 Å². The van der Waals surface area contributed by atoms with Gasteiger partial charge in [-0.1, -0.05) is 0 Å². The number of guanidine groups is 1. The monoisotopic (exact) mass is 471 g/mol. The Morgan fingerprint density at radius 1 is 1.32 bits per heavy atom. The van der Waals surface area contributed by atoms with Crippen LogP contribution in [0.3, 0.4) is 0 Å². The van der Waals surface area contributed by atoms with E-state index in [9.17, 15) is 4.79 Å². The highest BCUT2D eigenvalue weighted by Crippen LogP contribution is 2.11. The topological polar surface area (TPSA) is 81.2 Å². The Kier molecular flexibility index (Phi) is 13.2. The number of rotatable bonds is 9. The second kappa shape index (κ2) is 13.6. The summed E-state index contributed by atoms with van der Waals surface area (Å²) in [5.41, 5.74) is -0.487. The average molecular weight is 471 g/mol. The van der Waals surface area contributed by atoms with Gasteiger partial charge in [-0.25, -0.2) is 4.99 Å². The van der Waals surface area contributed by atoms with Gasteiger partial charge >= 0.3 is 5.97 Å². The zero-order chi connectivity index (χ0) is 17.8. The summed E-state index contributed by atoms with van der Waals surface area (Å²) >= 11 is 0. The van der Waals surface area contributed by atoms with Gasteiger partial charge in [-0.3, -0.25) is 4.79 Å². The Hall–Kier alpha value is -0.610. The van der Waals surface area contributed by atoms with Crippen molar-refractivity contribution in [2.75, 3.05) is 39.5 Å². The highest BCUT2D eigenvalue weighted by molar-refractivity contribution is 14.0. The molecule has 1 saturated heterocycles. The van der Waals surface area contributed by atoms with Crippen molar-refractivity contribution in [1.29, 1.82) is 0 Å². The van der Waals surface area contributed by atoms with Crippen LogP contribution in [0.4, 0.5) is 0 Å². The van der Waals surface area contributed by atoms with Crippen molar-refractivity contribution in [3.05, 3.63) is 0 Å². The average Bonchev–Trinajstić information content (AvgIpc) is 2.99. The number of hydrogen-bond donors (Lipinski definition) is 2. The zero-order valence-corrected chi connectivity index (χ0v) is 18.3. The lowest BCUT2D eigenvalue weighted by atomic mass is 10.2. The summed E-state index contributed by atoms with van der Waals surface area (Å²) < 4.78 is 16.4. The van der Waals surface area contributed by atoms with Crippen LogP contribution in [0.1, 0.15) is 47.0 Å². The molecular weight excluding hydrogens is 437 g/mol. The highest BCUT2D eigenvalue weighted by Gasteiger charge is 2.16. The lowest BCUT2D eigenvalue weighted by molar-refractivity contribution is -0.152. The Bertz CT molecular complexity index is 394. The van der Waals surface area contributed by atoms with Crippen LogP contribution in [0.2, 0.25) is 0 Å². The van der Waals surface area contributed by atoms with Crippen molar-refractivity contribution in [2.45, 2.75) is 58.7 Å². The summed E-state index contributed by atoms with van der Waals surface area (Å²) in [6.45, 7) is 11.2. The van der Waals surface area contributed by atoms with Gasteiger partial charge in [0.2, 0.25) is 0 Å². The minimum Gasteiger partial charge on any atom is -0.459 e. The maximum Gasteiger partial charge on any atom is 0.328 e. The molecule has 148 valence electrons. The fraction of sp³-hybridized carbons (Fsp3) is 0.882. The van der Waals surface area contributed by atoms with E-state index in [2.05, 4.69) is 15.6 Å². The third-order valence-electron chi connectivity index (χ3n) is 3.22. The summed E-state index contributed by atoms with van der Waals surface area (Å²) in [5, 5.41) is 6.29. The Morgan fingerprint density at radius 2 is 2.08 bits per heavy atom. The van der Waals surface area contributed by atoms with Crippen molar-refractivity contribution in [3.63, 3.8) is 0 Å². The molecule has 2 N–H and O–H groups in total. The Balaban J connectivity index is 0.00000576. The van der Waals surface area contributed by atoms with Gasteiger partial charge in [-0.15, -0.1) is 24.0 Å². The fourth-order valence-electron chi connectivity index (χ4n) is 2.23. The molecule has 0 bridgehead atoms. The Labute approximate surface area is 168 Å². The molecule has 8 heteroatoms. The number of nitrogens with one attached hydrogen (secondary N) is 2. The summed E-state index contributed by atoms with van der Waals surface area (Å²) in [5.74, 6) is 0.280. The van der Waals surface area contributed by atoms with Crippen molar-refractivity contribution >= 4 is 35.9 Å². The Morgan fingerprint density at radius 3 is 2.68 bits per heavy atom. The van der Waals surface area contributed by atoms with Gasteiger partial charge in [0, 0.05) is 26.3 Å². The van der Waals surface area contributed by atoms with E-state index in [-0.39, 0.29) is 42.6 Å². The molecule has 1 unspecified atom stereocenters. The predicted octanol–water partition coefficient (Wildman–Crippen LogP) is 2.09. The van der Waals surface area contributed by atoms with Crippen molar-refractivity contribution in [1.82, 2.24) is 10.6 Å². The van der Waals surface area contributed by atoms with Gasteiger partial charge in [0.25, 0.3) is 0 Å². The molecule has 0 saturated carbocycles. The van der Waals surface area contributed by atoms with E-state index in [0.717, 1.165) is 39.0 Å². The molecule has 0 aromatic rings. The molecule has 1 heterocycles. The van der Waals surface area contributed by atoms with E-state index in [1.54, 1.807) is 0 Å². The van der Waals surface area contributed by atoms with Crippen LogP contribution in [-0.4, -0.2) is 63.1 Å². The molecule has 0 aromatic heterocycles. The lowest BCUT2D eigenvalue weighted by Crippen LogP contribution is -2.38. The second-order valence-corrected chi connectivity index (χ2v) is 6.77. The highest BCUT2D eigenvalue weighted by atomic mass is 127. The molecule has 7 nitrogen and oxygen atoms in total. The van der Waals surface area contributed by atoms with E-state index in [0.29, 0.717) is 19.2 Å². The van der Waals surface area contributed by atoms with Gasteiger partial charge in [-0.2, -0.15) is 0 Å². The van der Waals surface area contributed by atoms with E-state index in [4.69, 9.17) is 14.2 Å². The van der Waals surface area contributed by atoms with E-state index >= 15 is 0 Å². The number of aliphatic imine (C=N–C) groups is 1. The molecule has 0 amide bonds. The molecule has 0 radical (unpaired) electrons. The molecule has 1 rings (SSSR count). The fourth-order valence-corrected chi connectivity index (χ4v) is 2.23. The standard InChI is InChI=1S/C17H33N3O4.HI/c1-5-18-16(20-12-15(21)24-17(2,3)4)19-9-7-10-22-13-14-8-6-11-23-14;/h14H,5-13H2,1-4H3,(H2,18,19,20);1H. The van der Waals surface area contributed by atoms with Crippen LogP contribution >= 0.6 is 24.0 Å². The zero-order valence-electron chi connectivity index (χ0n) is 15.9. The first-order chi connectivity index (χ1) is 11.4. The summed E-state index contributed by atoms with van der Waals surface area (Å²) in [6.07, 6.45) is 3.37. The maximum absolute atomic E-state index is 11.7. The number of carbonyl (C=O) groups is 1. The van der Waals surface area contributed by atoms with Crippen molar-refractivity contribution < 1.29 is 19.0 Å². The first-order valence-electron chi connectivity index (χ1n) is 8.84. The molecule has 1 atom stereocenters. The maximum atomic E-state index is 11.7. The van der Waals surface area contributed by atoms with Gasteiger partial charge in [0.05, 0.1) is 12.7 Å². The number of halogens is 1. The van der Waals surface area contributed by atoms with Gasteiger partial charge in [0.1, 0.15) is 12.1 Å². The second-order valence-electron chi connectivity index (χ2n) is 6.77. The molecule has 0 aromatic carbocycles. The summed E-state index contributed by atoms with van der Waals surface area (Å²) in [6, 6.07) is 0. The van der Waals surface area contributed by atoms with Crippen molar-refractivity contribution in [3.8, 4) is 0 Å². The number of carbonyl (C=O) groups excluding carboxylic acids is 1. The molecule has 1 aliphatic heterocycles. The van der Waals surface area contributed by atoms with E-state index < -0.39 is 5.60 Å². The third kappa shape index (κ3) is 13.3. The van der Waals surface area contributed by atoms with Crippen LogP contribution in [0.5, 0.6) is 0 Å². The SMILES string of the molecule is CCNC(=NCC(=O)OC(C)(C)C)NCCCOCC1CCCO1.I. The van der Waals surface area contributed by atoms with Gasteiger partial charge in [0.15, 0.2) is 5.96 Å². The minimum atomic E-state index is -0.487. The van der Waals surface area contributed by atoms with Crippen LogP contribution < -0.4 is 10.6 Å². The molecule has 1 fully saturated rings. The third-order valence-corrected chi connectivity index (χ3v) is 3.22. The first-order valence-corrected chi connectivity index (χ1v) is 8.84. The number of esters is 1. The lowest BCUT2D eigenvalue weighted by Gasteiger charge is -2.19. The minimum absolute atomic E-state index is 0. The largest absolute Gasteiger partial charge is 0.459 e.